The molecule has 0 bridgehead atoms. The van der Waals surface area contributed by atoms with Gasteiger partial charge in [0.1, 0.15) is 5.69 Å². The number of para-hydroxylation sites is 1. The Kier molecular flexibility index (Phi) is 4.54. The Hall–Kier alpha value is -2.41. The van der Waals surface area contributed by atoms with Crippen LogP contribution in [0.1, 0.15) is 10.5 Å². The largest absolute Gasteiger partial charge is 0.347 e. The highest BCUT2D eigenvalue weighted by atomic mass is 32.1. The highest BCUT2D eigenvalue weighted by Crippen LogP contribution is 2.12. The Balaban J connectivity index is 2.24. The molecule has 21 heavy (non-hydrogen) atoms. The SMILES string of the molecule is CN(C)C(=O)CNC(=O)c1c[nH]c(=S)n1-c1ccccc1. The van der Waals surface area contributed by atoms with Crippen molar-refractivity contribution in [2.24, 2.45) is 0 Å². The second-order valence-corrected chi connectivity index (χ2v) is 5.01. The van der Waals surface area contributed by atoms with Gasteiger partial charge in [0.15, 0.2) is 4.77 Å². The summed E-state index contributed by atoms with van der Waals surface area (Å²) in [5.41, 5.74) is 1.14. The Bertz CT molecular complexity index is 703. The van der Waals surface area contributed by atoms with Gasteiger partial charge in [-0.05, 0) is 24.4 Å². The number of aromatic amines is 1. The number of benzene rings is 1. The predicted molar refractivity (Wildman–Crippen MR) is 82.0 cm³/mol. The molecule has 0 unspecified atom stereocenters. The Morgan fingerprint density at radius 1 is 1.29 bits per heavy atom. The van der Waals surface area contributed by atoms with Crippen LogP contribution in [0, 0.1) is 4.77 Å². The zero-order chi connectivity index (χ0) is 15.4. The number of hydrogen-bond acceptors (Lipinski definition) is 3. The number of amides is 2. The van der Waals surface area contributed by atoms with Crippen molar-refractivity contribution in [2.45, 2.75) is 0 Å². The third-order valence-electron chi connectivity index (χ3n) is 2.92. The molecule has 7 heteroatoms. The van der Waals surface area contributed by atoms with E-state index in [4.69, 9.17) is 12.2 Å². The van der Waals surface area contributed by atoms with E-state index in [2.05, 4.69) is 10.3 Å². The molecule has 2 amide bonds. The fraction of sp³-hybridized carbons (Fsp3) is 0.214. The zero-order valence-corrected chi connectivity index (χ0v) is 12.6. The van der Waals surface area contributed by atoms with Crippen molar-refractivity contribution in [3.8, 4) is 5.69 Å². The molecule has 0 radical (unpaired) electrons. The third kappa shape index (κ3) is 3.38. The summed E-state index contributed by atoms with van der Waals surface area (Å²) in [6.45, 7) is -0.0570. The first kappa shape index (κ1) is 15.0. The lowest BCUT2D eigenvalue weighted by atomic mass is 10.3. The average molecular weight is 304 g/mol. The highest BCUT2D eigenvalue weighted by Gasteiger charge is 2.15. The topological polar surface area (TPSA) is 70.1 Å². The Morgan fingerprint density at radius 3 is 2.57 bits per heavy atom. The lowest BCUT2D eigenvalue weighted by molar-refractivity contribution is -0.127. The maximum atomic E-state index is 12.2. The molecule has 0 aliphatic carbocycles. The number of nitrogens with one attached hydrogen (secondary N) is 2. The predicted octanol–water partition coefficient (Wildman–Crippen LogP) is 1.35. The second-order valence-electron chi connectivity index (χ2n) is 4.62. The molecule has 0 aliphatic rings. The number of likely N-dealkylation sites (N-methyl/N-ethyl adjacent to an activating group) is 1. The minimum atomic E-state index is -0.360. The van der Waals surface area contributed by atoms with E-state index in [1.165, 1.54) is 11.1 Å². The van der Waals surface area contributed by atoms with E-state index in [-0.39, 0.29) is 18.4 Å². The maximum Gasteiger partial charge on any atom is 0.270 e. The molecule has 0 saturated heterocycles. The summed E-state index contributed by atoms with van der Waals surface area (Å²) in [6.07, 6.45) is 1.53. The van der Waals surface area contributed by atoms with E-state index in [0.29, 0.717) is 10.5 Å². The molecule has 2 aromatic rings. The van der Waals surface area contributed by atoms with E-state index in [1.807, 2.05) is 30.3 Å². The third-order valence-corrected chi connectivity index (χ3v) is 3.22. The number of rotatable bonds is 4. The second kappa shape index (κ2) is 6.36. The molecule has 6 nitrogen and oxygen atoms in total. The van der Waals surface area contributed by atoms with Gasteiger partial charge in [0.25, 0.3) is 5.91 Å². The molecule has 1 heterocycles. The maximum absolute atomic E-state index is 12.2. The zero-order valence-electron chi connectivity index (χ0n) is 11.8. The fourth-order valence-corrected chi connectivity index (χ4v) is 2.04. The quantitative estimate of drug-likeness (QED) is 0.838. The Labute approximate surface area is 127 Å². The van der Waals surface area contributed by atoms with Crippen LogP contribution in [0.25, 0.3) is 5.69 Å². The molecule has 0 fully saturated rings. The van der Waals surface area contributed by atoms with Crippen LogP contribution in [0.15, 0.2) is 36.5 Å². The van der Waals surface area contributed by atoms with Crippen LogP contribution in [0.4, 0.5) is 0 Å². The van der Waals surface area contributed by atoms with Gasteiger partial charge in [0.05, 0.1) is 6.54 Å². The first-order valence-electron chi connectivity index (χ1n) is 6.35. The molecule has 2 rings (SSSR count). The molecule has 0 atom stereocenters. The number of H-pyrrole nitrogens is 1. The molecular formula is C14H16N4O2S. The Morgan fingerprint density at radius 2 is 1.95 bits per heavy atom. The van der Waals surface area contributed by atoms with Crippen LogP contribution < -0.4 is 5.32 Å². The van der Waals surface area contributed by atoms with Crippen LogP contribution in [0.5, 0.6) is 0 Å². The van der Waals surface area contributed by atoms with Crippen molar-refractivity contribution in [3.63, 3.8) is 0 Å². The summed E-state index contributed by atoms with van der Waals surface area (Å²) in [6, 6.07) is 9.31. The summed E-state index contributed by atoms with van der Waals surface area (Å²) in [7, 11) is 3.27. The van der Waals surface area contributed by atoms with Gasteiger partial charge >= 0.3 is 0 Å². The van der Waals surface area contributed by atoms with Crippen LogP contribution >= 0.6 is 12.2 Å². The van der Waals surface area contributed by atoms with Crippen molar-refractivity contribution in [1.82, 2.24) is 19.8 Å². The lowest BCUT2D eigenvalue weighted by Crippen LogP contribution is -2.36. The number of carbonyl (C=O) groups excluding carboxylic acids is 2. The van der Waals surface area contributed by atoms with Crippen LogP contribution in [-0.4, -0.2) is 46.9 Å². The number of imidazole rings is 1. The van der Waals surface area contributed by atoms with Crippen molar-refractivity contribution < 1.29 is 9.59 Å². The van der Waals surface area contributed by atoms with Crippen LogP contribution in [0.2, 0.25) is 0 Å². The van der Waals surface area contributed by atoms with Gasteiger partial charge in [-0.2, -0.15) is 0 Å². The molecule has 0 aliphatic heterocycles. The summed E-state index contributed by atoms with van der Waals surface area (Å²) >= 11 is 5.20. The van der Waals surface area contributed by atoms with Gasteiger partial charge in [0.2, 0.25) is 5.91 Å². The van der Waals surface area contributed by atoms with E-state index in [1.54, 1.807) is 18.7 Å². The summed E-state index contributed by atoms with van der Waals surface area (Å²) in [5, 5.41) is 2.59. The van der Waals surface area contributed by atoms with Crippen molar-refractivity contribution in [2.75, 3.05) is 20.6 Å². The van der Waals surface area contributed by atoms with Crippen molar-refractivity contribution in [3.05, 3.63) is 47.0 Å². The normalized spacial score (nSPS) is 10.2. The van der Waals surface area contributed by atoms with Gasteiger partial charge in [0, 0.05) is 26.0 Å². The number of aromatic nitrogens is 2. The fourth-order valence-electron chi connectivity index (χ4n) is 1.77. The molecule has 0 saturated carbocycles. The van der Waals surface area contributed by atoms with Gasteiger partial charge in [-0.1, -0.05) is 18.2 Å². The highest BCUT2D eigenvalue weighted by molar-refractivity contribution is 7.71. The number of nitrogens with zero attached hydrogens (tertiary/aromatic N) is 2. The first-order valence-corrected chi connectivity index (χ1v) is 6.75. The molecule has 1 aromatic carbocycles. The molecule has 110 valence electrons. The molecule has 1 aromatic heterocycles. The smallest absolute Gasteiger partial charge is 0.270 e. The summed E-state index contributed by atoms with van der Waals surface area (Å²) < 4.78 is 2.05. The molecular weight excluding hydrogens is 288 g/mol. The monoisotopic (exact) mass is 304 g/mol. The first-order chi connectivity index (χ1) is 10.0. The van der Waals surface area contributed by atoms with Gasteiger partial charge < -0.3 is 15.2 Å². The van der Waals surface area contributed by atoms with Crippen LogP contribution in [-0.2, 0) is 4.79 Å². The van der Waals surface area contributed by atoms with E-state index in [9.17, 15) is 9.59 Å². The van der Waals surface area contributed by atoms with Gasteiger partial charge in [-0.3, -0.25) is 14.2 Å². The van der Waals surface area contributed by atoms with E-state index >= 15 is 0 Å². The number of hydrogen-bond donors (Lipinski definition) is 2. The van der Waals surface area contributed by atoms with Crippen LogP contribution in [0.3, 0.4) is 0 Å². The minimum Gasteiger partial charge on any atom is -0.347 e. The van der Waals surface area contributed by atoms with Crippen molar-refractivity contribution >= 4 is 24.0 Å². The molecule has 0 spiro atoms. The number of carbonyl (C=O) groups is 2. The summed E-state index contributed by atoms with van der Waals surface area (Å²) in [4.78, 5) is 28.0. The van der Waals surface area contributed by atoms with Crippen molar-refractivity contribution in [1.29, 1.82) is 0 Å². The average Bonchev–Trinajstić information content (AvgIpc) is 2.87. The minimum absolute atomic E-state index is 0.0570. The van der Waals surface area contributed by atoms with E-state index < -0.39 is 0 Å². The van der Waals surface area contributed by atoms with Gasteiger partial charge in [-0.15, -0.1) is 0 Å². The molecule has 2 N–H and O–H groups in total. The van der Waals surface area contributed by atoms with Gasteiger partial charge in [-0.25, -0.2) is 0 Å². The lowest BCUT2D eigenvalue weighted by Gasteiger charge is -2.12. The van der Waals surface area contributed by atoms with E-state index in [0.717, 1.165) is 5.69 Å². The standard InChI is InChI=1S/C14H16N4O2S/c1-17(2)12(19)9-15-13(20)11-8-16-14(21)18(11)10-6-4-3-5-7-10/h3-8H,9H2,1-2H3,(H,15,20)(H,16,21). The summed E-state index contributed by atoms with van der Waals surface area (Å²) in [5.74, 6) is -0.537.